The number of sulfone groups is 2. The maximum absolute atomic E-state index is 14.5. The van der Waals surface area contributed by atoms with Crippen LogP contribution >= 0.6 is 0 Å². The Kier molecular flexibility index (Phi) is 21.5. The first-order valence-corrected chi connectivity index (χ1v) is 41.0. The molecule has 0 saturated heterocycles. The molecule has 8 aromatic carbocycles. The van der Waals surface area contributed by atoms with Gasteiger partial charge in [-0.25, -0.2) is 16.8 Å². The van der Waals surface area contributed by atoms with Gasteiger partial charge in [0, 0.05) is 10.8 Å². The van der Waals surface area contributed by atoms with Gasteiger partial charge in [0.1, 0.15) is 55.5 Å². The topological polar surface area (TPSA) is 323 Å². The molecule has 0 bridgehead atoms. The van der Waals surface area contributed by atoms with Crippen molar-refractivity contribution in [2.45, 2.75) is 200 Å². The van der Waals surface area contributed by atoms with Crippen molar-refractivity contribution < 1.29 is 87.7 Å². The Hall–Kier alpha value is -7.50. The lowest BCUT2D eigenvalue weighted by atomic mass is 9.65. The predicted molar refractivity (Wildman–Crippen MR) is 375 cm³/mol. The van der Waals surface area contributed by atoms with Crippen molar-refractivity contribution in [2.24, 2.45) is 0 Å². The summed E-state index contributed by atoms with van der Waals surface area (Å²) in [7, 11) is -30.0. The van der Waals surface area contributed by atoms with Crippen molar-refractivity contribution in [3.05, 3.63) is 192 Å². The standard InChI is InChI=1S/C73H82O20S6/c1-11-69(6,7)92-55-33-25-52(26-34-55)73(43-17-16-18-44-73)51-23-31-54(32-24-51)91-64-42-38-60(48-68(64)99(87,88)89)95(76,77)58-36-40-62(66(46-58)97(81,82)83)71(9,14-4)72(10,15-5)93-56-29-21-50(22-30-56)49-19-27-53(28-20-49)90-63-41-37-59(47-67(63)98(84,85)86)94(74,75)57-35-39-61(70(8,12-2)13-3)65(45-57)96(78,79)80/h19-42,45-48H,11-18,43-44H2,1-10H3,(H,78,79,80)(H,81,82,83)(H,84,85,86)(H,87,88,89). The number of rotatable bonds is 27. The quantitative estimate of drug-likeness (QED) is 0.0348. The van der Waals surface area contributed by atoms with Gasteiger partial charge in [0.15, 0.2) is 0 Å². The van der Waals surface area contributed by atoms with Gasteiger partial charge in [0.05, 0.1) is 29.4 Å². The minimum absolute atomic E-state index is 0.00532. The maximum Gasteiger partial charge on any atom is 0.298 e. The summed E-state index contributed by atoms with van der Waals surface area (Å²) in [5.74, 6) is 0.531. The molecule has 9 rings (SSSR count). The molecule has 0 heterocycles. The second-order valence-corrected chi connectivity index (χ2v) is 35.7. The van der Waals surface area contributed by atoms with Crippen LogP contribution < -0.4 is 18.9 Å². The van der Waals surface area contributed by atoms with E-state index in [4.69, 9.17) is 18.9 Å². The van der Waals surface area contributed by atoms with E-state index in [0.29, 0.717) is 41.9 Å². The van der Waals surface area contributed by atoms with Crippen LogP contribution in [0.1, 0.15) is 156 Å². The molecule has 0 aliphatic heterocycles. The molecule has 1 aliphatic carbocycles. The fourth-order valence-corrected chi connectivity index (χ4v) is 18.8. The SMILES string of the molecule is CCC(C)(C)Oc1ccc(C2(c3ccc(Oc4ccc(S(=O)(=O)c5ccc(C(C)(CC)C(C)(CC)Oc6ccc(-c7ccc(Oc8ccc(S(=O)(=O)c9ccc(C(C)(CC)CC)c(S(=O)(=O)O)c9)cc8S(=O)(=O)O)cc7)cc6)c(S(=O)(=O)O)c5)cc4S(=O)(=O)O)cc3)CCCCC2)cc1. The average molecular weight is 1470 g/mol. The highest BCUT2D eigenvalue weighted by atomic mass is 32.2. The Morgan fingerprint density at radius 2 is 0.707 bits per heavy atom. The zero-order chi connectivity index (χ0) is 72.7. The number of hydrogen-bond donors (Lipinski definition) is 4. The number of hydrogen-bond acceptors (Lipinski definition) is 16. The van der Waals surface area contributed by atoms with E-state index in [1.54, 1.807) is 83.1 Å². The van der Waals surface area contributed by atoms with E-state index in [-0.39, 0.29) is 52.2 Å². The van der Waals surface area contributed by atoms with E-state index >= 15 is 0 Å². The molecule has 0 spiro atoms. The summed E-state index contributed by atoms with van der Waals surface area (Å²) in [6, 6.07) is 40.4. The largest absolute Gasteiger partial charge is 0.488 e. The van der Waals surface area contributed by atoms with E-state index in [1.807, 2.05) is 52.0 Å². The van der Waals surface area contributed by atoms with Crippen molar-refractivity contribution in [1.29, 1.82) is 0 Å². The maximum atomic E-state index is 14.5. The van der Waals surface area contributed by atoms with Gasteiger partial charge in [-0.1, -0.05) is 128 Å². The van der Waals surface area contributed by atoms with Crippen LogP contribution in [0.2, 0.25) is 0 Å². The Balaban J connectivity index is 0.925. The number of benzene rings is 8. The third-order valence-corrected chi connectivity index (χ3v) is 27.1. The summed E-state index contributed by atoms with van der Waals surface area (Å²) in [6.45, 7) is 18.6. The Labute approximate surface area is 581 Å². The molecule has 1 aliphatic rings. The summed E-state index contributed by atoms with van der Waals surface area (Å²) in [6.07, 6.45) is 7.06. The molecule has 0 amide bonds. The summed E-state index contributed by atoms with van der Waals surface area (Å²) >= 11 is 0. The predicted octanol–water partition coefficient (Wildman–Crippen LogP) is 16.4. The Morgan fingerprint density at radius 1 is 0.364 bits per heavy atom. The van der Waals surface area contributed by atoms with Gasteiger partial charge in [0.25, 0.3) is 40.5 Å². The fraction of sp³-hybridized carbons (Fsp3) is 0.342. The molecule has 0 radical (unpaired) electrons. The van der Waals surface area contributed by atoms with Crippen molar-refractivity contribution in [3.8, 4) is 45.6 Å². The Bertz CT molecular complexity index is 5050. The molecule has 1 fully saturated rings. The molecule has 2 unspecified atom stereocenters. The minimum Gasteiger partial charge on any atom is -0.488 e. The highest BCUT2D eigenvalue weighted by Crippen LogP contribution is 2.49. The first kappa shape index (κ1) is 75.7. The lowest BCUT2D eigenvalue weighted by Crippen LogP contribution is -2.51. The van der Waals surface area contributed by atoms with Crippen molar-refractivity contribution in [3.63, 3.8) is 0 Å². The van der Waals surface area contributed by atoms with Crippen LogP contribution in [-0.2, 0) is 76.4 Å². The van der Waals surface area contributed by atoms with Crippen LogP contribution in [0.3, 0.4) is 0 Å². The normalized spacial score (nSPS) is 15.5. The van der Waals surface area contributed by atoms with Crippen LogP contribution in [-0.4, -0.2) is 79.9 Å². The van der Waals surface area contributed by atoms with Crippen LogP contribution in [0.4, 0.5) is 0 Å². The monoisotopic (exact) mass is 1470 g/mol. The molecule has 26 heteroatoms. The molecule has 8 aromatic rings. The van der Waals surface area contributed by atoms with Crippen LogP contribution in [0, 0.1) is 0 Å². The van der Waals surface area contributed by atoms with Crippen molar-refractivity contribution >= 4 is 60.1 Å². The van der Waals surface area contributed by atoms with E-state index in [1.165, 1.54) is 24.3 Å². The smallest absolute Gasteiger partial charge is 0.298 e. The molecule has 1 saturated carbocycles. The second-order valence-electron chi connectivity index (χ2n) is 26.2. The van der Waals surface area contributed by atoms with Gasteiger partial charge < -0.3 is 18.9 Å². The lowest BCUT2D eigenvalue weighted by molar-refractivity contribution is 0.00171. The van der Waals surface area contributed by atoms with E-state index < -0.39 is 121 Å². The third-order valence-electron chi connectivity index (χ3n) is 20.1. The third kappa shape index (κ3) is 15.7. The van der Waals surface area contributed by atoms with E-state index in [0.717, 1.165) is 104 Å². The van der Waals surface area contributed by atoms with Crippen LogP contribution in [0.25, 0.3) is 11.1 Å². The van der Waals surface area contributed by atoms with Crippen LogP contribution in [0.15, 0.2) is 209 Å². The van der Waals surface area contributed by atoms with Gasteiger partial charge in [-0.15, -0.1) is 0 Å². The fourth-order valence-electron chi connectivity index (χ4n) is 12.9. The molecule has 2 atom stereocenters. The minimum atomic E-state index is -5.21. The molecule has 0 aromatic heterocycles. The summed E-state index contributed by atoms with van der Waals surface area (Å²) in [4.78, 5) is -5.63. The zero-order valence-corrected chi connectivity index (χ0v) is 61.4. The molecular formula is C73H82O20S6. The number of ether oxygens (including phenoxy) is 4. The Morgan fingerprint density at radius 3 is 1.08 bits per heavy atom. The van der Waals surface area contributed by atoms with Gasteiger partial charge in [-0.3, -0.25) is 18.2 Å². The van der Waals surface area contributed by atoms with Gasteiger partial charge >= 0.3 is 0 Å². The highest BCUT2D eigenvalue weighted by molar-refractivity contribution is 7.92. The lowest BCUT2D eigenvalue weighted by Gasteiger charge is -2.46. The molecular weight excluding hydrogens is 1390 g/mol. The summed E-state index contributed by atoms with van der Waals surface area (Å²) in [5, 5.41) is 0. The van der Waals surface area contributed by atoms with Gasteiger partial charge in [0.2, 0.25) is 19.7 Å². The summed E-state index contributed by atoms with van der Waals surface area (Å²) in [5.41, 5.74) is -0.337. The summed E-state index contributed by atoms with van der Waals surface area (Å²) < 4.78 is 227. The molecule has 20 nitrogen and oxygen atoms in total. The molecule has 99 heavy (non-hydrogen) atoms. The van der Waals surface area contributed by atoms with E-state index in [9.17, 15) is 68.7 Å². The van der Waals surface area contributed by atoms with Crippen LogP contribution in [0.5, 0.6) is 34.5 Å². The van der Waals surface area contributed by atoms with Gasteiger partial charge in [-0.2, -0.15) is 33.7 Å². The highest BCUT2D eigenvalue weighted by Gasteiger charge is 2.48. The molecule has 530 valence electrons. The average Bonchev–Trinajstić information content (AvgIpc) is 0.742. The zero-order valence-electron chi connectivity index (χ0n) is 56.5. The molecule has 4 N–H and O–H groups in total. The van der Waals surface area contributed by atoms with Crippen molar-refractivity contribution in [2.75, 3.05) is 0 Å². The first-order valence-electron chi connectivity index (χ1n) is 32.2. The van der Waals surface area contributed by atoms with E-state index in [2.05, 4.69) is 19.1 Å². The van der Waals surface area contributed by atoms with Gasteiger partial charge in [-0.05, 0) is 214 Å². The first-order chi connectivity index (χ1) is 46.1. The van der Waals surface area contributed by atoms with Crippen molar-refractivity contribution in [1.82, 2.24) is 0 Å². The second kappa shape index (κ2) is 28.1.